The van der Waals surface area contributed by atoms with Gasteiger partial charge in [-0.3, -0.25) is 19.3 Å². The van der Waals surface area contributed by atoms with E-state index >= 15 is 0 Å². The van der Waals surface area contributed by atoms with Gasteiger partial charge < -0.3 is 24.6 Å². The number of likely N-dealkylation sites (tertiary alicyclic amines) is 1. The van der Waals surface area contributed by atoms with Crippen molar-refractivity contribution < 1.29 is 37.0 Å². The van der Waals surface area contributed by atoms with Gasteiger partial charge in [0.2, 0.25) is 29.9 Å². The van der Waals surface area contributed by atoms with Gasteiger partial charge in [0.1, 0.15) is 29.1 Å². The number of amides is 2. The molecule has 8 heterocycles. The van der Waals surface area contributed by atoms with Crippen molar-refractivity contribution in [2.75, 3.05) is 80.0 Å². The fourth-order valence-electron chi connectivity index (χ4n) is 7.92. The fourth-order valence-corrected chi connectivity index (χ4v) is 8.16. The molecule has 2 aliphatic rings. The zero-order chi connectivity index (χ0) is 54.8. The van der Waals surface area contributed by atoms with E-state index in [-0.39, 0.29) is 41.5 Å². The second kappa shape index (κ2) is 29.3. The van der Waals surface area contributed by atoms with Gasteiger partial charge in [0.25, 0.3) is 0 Å². The number of alkyl halides is 4. The lowest BCUT2D eigenvalue weighted by Crippen LogP contribution is -2.41. The summed E-state index contributed by atoms with van der Waals surface area (Å²) in [6.07, 6.45) is 4.37. The first kappa shape index (κ1) is 61.4. The van der Waals surface area contributed by atoms with Crippen LogP contribution in [0.3, 0.4) is 0 Å². The molecule has 2 amide bonds. The Balaban J connectivity index is 0.000000266. The molecule has 76 heavy (non-hydrogen) atoms. The van der Waals surface area contributed by atoms with Crippen molar-refractivity contribution in [3.05, 3.63) is 59.2 Å². The number of aromatic nitrogens is 10. The molecule has 0 bridgehead atoms. The number of nitrogens with zero attached hydrogens (tertiary/aromatic N) is 15. The van der Waals surface area contributed by atoms with E-state index in [0.29, 0.717) is 59.9 Å². The molecule has 0 aromatic carbocycles. The molecule has 26 heteroatoms. The van der Waals surface area contributed by atoms with Gasteiger partial charge in [0, 0.05) is 76.9 Å². The number of nitrogens with one attached hydrogen (secondary N) is 1. The molecular formula is C50H63Cl2F3N16O5. The number of pyridine rings is 4. The molecule has 0 spiro atoms. The summed E-state index contributed by atoms with van der Waals surface area (Å²) in [5.74, 6) is 2.77. The van der Waals surface area contributed by atoms with E-state index < -0.39 is 12.5 Å². The predicted octanol–water partition coefficient (Wildman–Crippen LogP) is 6.03. The lowest BCUT2D eigenvalue weighted by atomic mass is 9.94. The summed E-state index contributed by atoms with van der Waals surface area (Å²) in [6, 6.07) is 11.9. The van der Waals surface area contributed by atoms with Crippen LogP contribution in [-0.4, -0.2) is 169 Å². The van der Waals surface area contributed by atoms with Crippen molar-refractivity contribution in [1.29, 1.82) is 10.5 Å². The Bertz CT molecular complexity index is 2980. The summed E-state index contributed by atoms with van der Waals surface area (Å²) in [5, 5.41) is 38.2. The molecule has 2 saturated heterocycles. The number of aryl methyl sites for hydroxylation is 4. The van der Waals surface area contributed by atoms with Gasteiger partial charge in [-0.2, -0.15) is 23.7 Å². The number of likely N-dealkylation sites (N-methyl/N-ethyl adjacent to an activating group) is 1. The maximum absolute atomic E-state index is 11.9. The van der Waals surface area contributed by atoms with E-state index in [9.17, 15) is 33.3 Å². The molecule has 0 atom stereocenters. The van der Waals surface area contributed by atoms with E-state index in [1.807, 2.05) is 38.1 Å². The Morgan fingerprint density at radius 2 is 1.18 bits per heavy atom. The zero-order valence-electron chi connectivity index (χ0n) is 43.8. The number of piperidine rings is 2. The van der Waals surface area contributed by atoms with Crippen LogP contribution >= 0.6 is 24.0 Å². The Hall–Kier alpha value is -7.12. The third-order valence-electron chi connectivity index (χ3n) is 12.4. The first-order chi connectivity index (χ1) is 35.7. The largest absolute Gasteiger partial charge is 0.477 e. The van der Waals surface area contributed by atoms with E-state index in [4.69, 9.17) is 25.9 Å². The van der Waals surface area contributed by atoms with Crippen molar-refractivity contribution in [3.63, 3.8) is 0 Å². The SMILES string of the molecule is CN(C)C(=O)CCl.Cc1cc(-c2cc3c(nnn3C)c(C#N)n2)cnc1OCCC1CCN(CC(=O)N(C)C)CC1.Cc1cc(-c2cc3c(nnn3C)c(C#N)n2)cnc1OCCC1CCNCC1.Cl.O=CC(F)(F)F. The van der Waals surface area contributed by atoms with E-state index in [0.717, 1.165) is 91.1 Å². The monoisotopic (exact) mass is 1090 g/mol. The van der Waals surface area contributed by atoms with Crippen LogP contribution in [-0.2, 0) is 28.5 Å². The van der Waals surface area contributed by atoms with E-state index in [2.05, 4.69) is 62.9 Å². The molecule has 2 fully saturated rings. The number of hydrogen-bond acceptors (Lipinski definition) is 17. The lowest BCUT2D eigenvalue weighted by molar-refractivity contribution is -0.156. The van der Waals surface area contributed by atoms with Crippen molar-refractivity contribution in [2.45, 2.75) is 58.5 Å². The Morgan fingerprint density at radius 1 is 0.763 bits per heavy atom. The molecule has 2 aliphatic heterocycles. The smallest absolute Gasteiger partial charge is 0.446 e. The molecule has 0 saturated carbocycles. The van der Waals surface area contributed by atoms with Crippen LogP contribution in [0.15, 0.2) is 36.7 Å². The maximum Gasteiger partial charge on any atom is 0.446 e. The molecule has 0 aliphatic carbocycles. The Kier molecular flexibility index (Phi) is 23.6. The van der Waals surface area contributed by atoms with Crippen LogP contribution in [0.1, 0.15) is 61.0 Å². The fraction of sp³-hybridized carbons (Fsp3) is 0.500. The van der Waals surface area contributed by atoms with Gasteiger partial charge in [0.15, 0.2) is 11.4 Å². The molecular weight excluding hydrogens is 1030 g/mol. The number of aldehydes is 1. The summed E-state index contributed by atoms with van der Waals surface area (Å²) >= 11 is 5.16. The van der Waals surface area contributed by atoms with Crippen LogP contribution in [0.25, 0.3) is 44.6 Å². The Morgan fingerprint density at radius 3 is 1.54 bits per heavy atom. The number of ether oxygens (including phenoxy) is 2. The summed E-state index contributed by atoms with van der Waals surface area (Å²) in [5.41, 5.74) is 7.86. The van der Waals surface area contributed by atoms with Crippen molar-refractivity contribution in [1.82, 2.24) is 69.9 Å². The maximum atomic E-state index is 11.9. The molecule has 6 aromatic heterocycles. The highest BCUT2D eigenvalue weighted by Gasteiger charge is 2.25. The lowest BCUT2D eigenvalue weighted by Gasteiger charge is -2.32. The Labute approximate surface area is 450 Å². The second-order valence-electron chi connectivity index (χ2n) is 18.3. The van der Waals surface area contributed by atoms with Gasteiger partial charge in [-0.15, -0.1) is 34.2 Å². The van der Waals surface area contributed by atoms with Gasteiger partial charge in [-0.05, 0) is 115 Å². The average molecular weight is 1100 g/mol. The average Bonchev–Trinajstić information content (AvgIpc) is 3.99. The molecule has 408 valence electrons. The van der Waals surface area contributed by atoms with E-state index in [1.165, 1.54) is 17.7 Å². The molecule has 1 N–H and O–H groups in total. The van der Waals surface area contributed by atoms with Crippen LogP contribution in [0.2, 0.25) is 0 Å². The third-order valence-corrected chi connectivity index (χ3v) is 12.6. The quantitative estimate of drug-likeness (QED) is 0.102. The van der Waals surface area contributed by atoms with E-state index in [1.54, 1.807) is 68.9 Å². The van der Waals surface area contributed by atoms with Crippen molar-refractivity contribution in [2.24, 2.45) is 25.9 Å². The highest BCUT2D eigenvalue weighted by atomic mass is 35.5. The molecule has 6 aromatic rings. The van der Waals surface area contributed by atoms with Crippen LogP contribution in [0, 0.1) is 48.3 Å². The topological polar surface area (TPSA) is 252 Å². The number of nitriles is 2. The number of carbonyl (C=O) groups is 3. The number of carbonyl (C=O) groups excluding carboxylic acids is 3. The minimum absolute atomic E-state index is 0. The standard InChI is InChI=1S/C24H30N8O2.C20H23N7O.C4H8ClNO.C2HF3O.ClH/c1-16-11-18(19-12-21-23(20(13-25)27-19)28-29-31(21)4)14-26-24(16)34-10-7-17-5-8-32(9-6-17)15-22(33)30(2)3;1-13-9-15(12-23-20(13)28-8-5-14-3-6-22-7-4-14)16-10-18-19(17(11-21)24-16)25-26-27(18)2;1-6(2)4(7)3-5;3-2(4,5)1-6;/h11-12,14,17H,5-10,15H2,1-4H3;9-10,12,14,22H,3-8H2,1-2H3;3H2,1-2H3;1H;1H. The van der Waals surface area contributed by atoms with Gasteiger partial charge in [0.05, 0.1) is 42.2 Å². The van der Waals surface area contributed by atoms with Gasteiger partial charge in [-0.25, -0.2) is 29.3 Å². The second-order valence-corrected chi connectivity index (χ2v) is 18.6. The molecule has 8 rings (SSSR count). The highest BCUT2D eigenvalue weighted by Crippen LogP contribution is 2.29. The number of hydrogen-bond donors (Lipinski definition) is 1. The number of fused-ring (bicyclic) bond motifs is 2. The molecule has 21 nitrogen and oxygen atoms in total. The van der Waals surface area contributed by atoms with Crippen molar-refractivity contribution >= 4 is 64.2 Å². The molecule has 0 radical (unpaired) electrons. The van der Waals surface area contributed by atoms with Gasteiger partial charge in [-0.1, -0.05) is 10.4 Å². The number of rotatable bonds is 13. The first-order valence-electron chi connectivity index (χ1n) is 24.1. The third kappa shape index (κ3) is 17.7. The van der Waals surface area contributed by atoms with Crippen molar-refractivity contribution in [3.8, 4) is 46.4 Å². The predicted molar refractivity (Wildman–Crippen MR) is 280 cm³/mol. The summed E-state index contributed by atoms with van der Waals surface area (Å²) in [7, 11) is 10.5. The van der Waals surface area contributed by atoms with Crippen LogP contribution in [0.4, 0.5) is 13.2 Å². The minimum Gasteiger partial charge on any atom is -0.477 e. The van der Waals surface area contributed by atoms with Crippen LogP contribution in [0.5, 0.6) is 11.8 Å². The first-order valence-corrected chi connectivity index (χ1v) is 24.6. The zero-order valence-corrected chi connectivity index (χ0v) is 45.3. The summed E-state index contributed by atoms with van der Waals surface area (Å²) in [4.78, 5) is 54.1. The summed E-state index contributed by atoms with van der Waals surface area (Å²) < 4.78 is 46.4. The number of halogens is 5. The minimum atomic E-state index is -4.64. The van der Waals surface area contributed by atoms with Crippen LogP contribution < -0.4 is 14.8 Å². The normalized spacial score (nSPS) is 13.8. The van der Waals surface area contributed by atoms with Gasteiger partial charge >= 0.3 is 6.18 Å². The summed E-state index contributed by atoms with van der Waals surface area (Å²) in [6.45, 7) is 9.83. The molecule has 0 unspecified atom stereocenters. The highest BCUT2D eigenvalue weighted by molar-refractivity contribution is 6.27.